The van der Waals surface area contributed by atoms with Gasteiger partial charge in [0.15, 0.2) is 0 Å². The van der Waals surface area contributed by atoms with Crippen molar-refractivity contribution in [3.8, 4) is 0 Å². The summed E-state index contributed by atoms with van der Waals surface area (Å²) in [4.78, 5) is 14.5. The molecule has 0 spiro atoms. The Morgan fingerprint density at radius 3 is 2.10 bits per heavy atom. The molecule has 1 atom stereocenters. The fraction of sp³-hybridized carbons (Fsp3) is 0.381. The maximum atomic E-state index is 13.0. The van der Waals surface area contributed by atoms with Crippen molar-refractivity contribution in [1.82, 2.24) is 9.21 Å². The Kier molecular flexibility index (Phi) is 5.91. The van der Waals surface area contributed by atoms with E-state index in [1.54, 1.807) is 6.92 Å². The van der Waals surface area contributed by atoms with Crippen LogP contribution in [0.4, 0.5) is 5.69 Å². The lowest BCUT2D eigenvalue weighted by Gasteiger charge is -2.34. The zero-order chi connectivity index (χ0) is 22.2. The Morgan fingerprint density at radius 2 is 1.55 bits per heavy atom. The number of carbonyl (C=O) groups is 1. The van der Waals surface area contributed by atoms with Gasteiger partial charge in [0.2, 0.25) is 26.0 Å². The molecular formula is C21H25N3O5S2. The summed E-state index contributed by atoms with van der Waals surface area (Å²) in [5.74, 6) is -1.34. The van der Waals surface area contributed by atoms with E-state index in [1.165, 1.54) is 34.1 Å². The SMILES string of the molecule is C[C@@H]1CS(=O)(=O)N(c2ccc(S(=O)(=O)N3CCN(Cc4ccccc4)CC3)cc2)C1=O. The molecule has 2 heterocycles. The lowest BCUT2D eigenvalue weighted by Crippen LogP contribution is -2.48. The molecule has 4 rings (SSSR count). The predicted molar refractivity (Wildman–Crippen MR) is 117 cm³/mol. The Hall–Kier alpha value is -2.27. The summed E-state index contributed by atoms with van der Waals surface area (Å²) in [5, 5.41) is 0. The number of rotatable bonds is 5. The molecule has 166 valence electrons. The van der Waals surface area contributed by atoms with E-state index in [0.29, 0.717) is 26.2 Å². The number of anilines is 1. The van der Waals surface area contributed by atoms with Crippen LogP contribution >= 0.6 is 0 Å². The molecule has 8 nitrogen and oxygen atoms in total. The number of carbonyl (C=O) groups excluding carboxylic acids is 1. The molecule has 0 radical (unpaired) electrons. The van der Waals surface area contributed by atoms with Crippen LogP contribution in [0.1, 0.15) is 12.5 Å². The zero-order valence-electron chi connectivity index (χ0n) is 17.2. The number of piperazine rings is 1. The Balaban J connectivity index is 1.44. The van der Waals surface area contributed by atoms with Crippen LogP contribution in [0, 0.1) is 5.92 Å². The first-order chi connectivity index (χ1) is 14.7. The third-order valence-electron chi connectivity index (χ3n) is 5.65. The van der Waals surface area contributed by atoms with Gasteiger partial charge in [-0.3, -0.25) is 9.69 Å². The Bertz CT molecular complexity index is 1160. The standard InChI is InChI=1S/C21H25N3O5S2/c1-17-16-30(26,27)24(21(17)25)19-7-9-20(10-8-19)31(28,29)23-13-11-22(12-14-23)15-18-5-3-2-4-6-18/h2-10,17H,11-16H2,1H3/t17-/m1/s1. The van der Waals surface area contributed by atoms with Crippen LogP contribution in [0.2, 0.25) is 0 Å². The van der Waals surface area contributed by atoms with Crippen LogP contribution in [-0.2, 0) is 31.4 Å². The summed E-state index contributed by atoms with van der Waals surface area (Å²) >= 11 is 0. The lowest BCUT2D eigenvalue weighted by molar-refractivity contribution is -0.119. The average Bonchev–Trinajstić information content (AvgIpc) is 2.95. The minimum Gasteiger partial charge on any atom is -0.296 e. The molecule has 2 fully saturated rings. The summed E-state index contributed by atoms with van der Waals surface area (Å²) in [7, 11) is -7.42. The molecule has 0 saturated carbocycles. The number of nitrogens with zero attached hydrogens (tertiary/aromatic N) is 3. The van der Waals surface area contributed by atoms with Gasteiger partial charge in [-0.05, 0) is 29.8 Å². The van der Waals surface area contributed by atoms with Crippen molar-refractivity contribution in [3.63, 3.8) is 0 Å². The van der Waals surface area contributed by atoms with Crippen LogP contribution in [-0.4, -0.2) is 63.9 Å². The summed E-state index contributed by atoms with van der Waals surface area (Å²) in [6, 6.07) is 15.5. The molecule has 0 aromatic heterocycles. The highest BCUT2D eigenvalue weighted by Gasteiger charge is 2.42. The van der Waals surface area contributed by atoms with E-state index in [-0.39, 0.29) is 16.3 Å². The van der Waals surface area contributed by atoms with Gasteiger partial charge in [0.25, 0.3) is 0 Å². The minimum atomic E-state index is -3.72. The van der Waals surface area contributed by atoms with Crippen molar-refractivity contribution in [2.24, 2.45) is 5.92 Å². The molecular weight excluding hydrogens is 438 g/mol. The number of amides is 1. The fourth-order valence-corrected chi connectivity index (χ4v) is 7.20. The molecule has 0 N–H and O–H groups in total. The molecule has 10 heteroatoms. The van der Waals surface area contributed by atoms with Crippen LogP contribution in [0.15, 0.2) is 59.5 Å². The smallest absolute Gasteiger partial charge is 0.244 e. The topological polar surface area (TPSA) is 95.1 Å². The van der Waals surface area contributed by atoms with Crippen molar-refractivity contribution >= 4 is 31.6 Å². The summed E-state index contributed by atoms with van der Waals surface area (Å²) < 4.78 is 52.8. The van der Waals surface area contributed by atoms with Crippen molar-refractivity contribution in [2.75, 3.05) is 36.2 Å². The van der Waals surface area contributed by atoms with E-state index in [9.17, 15) is 21.6 Å². The molecule has 2 aromatic carbocycles. The third-order valence-corrected chi connectivity index (χ3v) is 9.43. The minimum absolute atomic E-state index is 0.0878. The lowest BCUT2D eigenvalue weighted by atomic mass is 10.2. The number of hydrogen-bond donors (Lipinski definition) is 0. The maximum absolute atomic E-state index is 13.0. The van der Waals surface area contributed by atoms with Crippen LogP contribution in [0.25, 0.3) is 0 Å². The first kappa shape index (κ1) is 21.9. The molecule has 2 saturated heterocycles. The average molecular weight is 464 g/mol. The molecule has 0 aliphatic carbocycles. The molecule has 1 amide bonds. The van der Waals surface area contributed by atoms with Crippen molar-refractivity contribution in [3.05, 3.63) is 60.2 Å². The fourth-order valence-electron chi connectivity index (χ4n) is 3.96. The van der Waals surface area contributed by atoms with Gasteiger partial charge in [-0.25, -0.2) is 21.1 Å². The first-order valence-electron chi connectivity index (χ1n) is 10.1. The van der Waals surface area contributed by atoms with Gasteiger partial charge < -0.3 is 0 Å². The third kappa shape index (κ3) is 4.38. The van der Waals surface area contributed by atoms with Crippen LogP contribution < -0.4 is 4.31 Å². The number of hydrogen-bond acceptors (Lipinski definition) is 6. The van der Waals surface area contributed by atoms with Crippen LogP contribution in [0.3, 0.4) is 0 Å². The van der Waals surface area contributed by atoms with E-state index in [1.807, 2.05) is 18.2 Å². The second kappa shape index (κ2) is 8.34. The Morgan fingerprint density at radius 1 is 0.935 bits per heavy atom. The van der Waals surface area contributed by atoms with Gasteiger partial charge in [-0.2, -0.15) is 4.31 Å². The van der Waals surface area contributed by atoms with Gasteiger partial charge >= 0.3 is 0 Å². The van der Waals surface area contributed by atoms with Gasteiger partial charge in [0, 0.05) is 32.7 Å². The normalized spacial score (nSPS) is 22.7. The molecule has 31 heavy (non-hydrogen) atoms. The summed E-state index contributed by atoms with van der Waals surface area (Å²) in [6.07, 6.45) is 0. The molecule has 2 aliphatic heterocycles. The zero-order valence-corrected chi connectivity index (χ0v) is 18.8. The van der Waals surface area contributed by atoms with Gasteiger partial charge in [0.05, 0.1) is 22.3 Å². The second-order valence-corrected chi connectivity index (χ2v) is 11.7. The maximum Gasteiger partial charge on any atom is 0.244 e. The Labute approximate surface area is 183 Å². The quantitative estimate of drug-likeness (QED) is 0.667. The molecule has 0 unspecified atom stereocenters. The molecule has 0 bridgehead atoms. The second-order valence-electron chi connectivity index (χ2n) is 7.94. The van der Waals surface area contributed by atoms with Gasteiger partial charge in [-0.15, -0.1) is 0 Å². The van der Waals surface area contributed by atoms with E-state index in [2.05, 4.69) is 17.0 Å². The highest BCUT2D eigenvalue weighted by Crippen LogP contribution is 2.29. The predicted octanol–water partition coefficient (Wildman–Crippen LogP) is 1.51. The highest BCUT2D eigenvalue weighted by atomic mass is 32.2. The largest absolute Gasteiger partial charge is 0.296 e. The summed E-state index contributed by atoms with van der Waals surface area (Å²) in [6.45, 7) is 4.37. The van der Waals surface area contributed by atoms with E-state index in [4.69, 9.17) is 0 Å². The van der Waals surface area contributed by atoms with Gasteiger partial charge in [0.1, 0.15) is 0 Å². The van der Waals surface area contributed by atoms with Crippen molar-refractivity contribution < 1.29 is 21.6 Å². The number of sulfonamides is 2. The van der Waals surface area contributed by atoms with E-state index < -0.39 is 31.9 Å². The van der Waals surface area contributed by atoms with Crippen molar-refractivity contribution in [1.29, 1.82) is 0 Å². The van der Waals surface area contributed by atoms with E-state index in [0.717, 1.165) is 10.8 Å². The molecule has 2 aromatic rings. The first-order valence-corrected chi connectivity index (χ1v) is 13.2. The van der Waals surface area contributed by atoms with Crippen molar-refractivity contribution in [2.45, 2.75) is 18.4 Å². The van der Waals surface area contributed by atoms with Gasteiger partial charge in [-0.1, -0.05) is 37.3 Å². The highest BCUT2D eigenvalue weighted by molar-refractivity contribution is 7.94. The van der Waals surface area contributed by atoms with E-state index >= 15 is 0 Å². The number of benzene rings is 2. The monoisotopic (exact) mass is 463 g/mol. The molecule has 2 aliphatic rings. The van der Waals surface area contributed by atoms with Crippen LogP contribution in [0.5, 0.6) is 0 Å². The summed E-state index contributed by atoms with van der Waals surface area (Å²) in [5.41, 5.74) is 1.36.